The van der Waals surface area contributed by atoms with Crippen LogP contribution in [0.5, 0.6) is 0 Å². The Balaban J connectivity index is 2.71. The molecule has 2 amide bonds. The van der Waals surface area contributed by atoms with Crippen molar-refractivity contribution in [3.8, 4) is 0 Å². The highest BCUT2D eigenvalue weighted by atomic mass is 16.4. The van der Waals surface area contributed by atoms with Crippen LogP contribution in [0.4, 0.5) is 4.79 Å². The van der Waals surface area contributed by atoms with Crippen LogP contribution in [0.15, 0.2) is 0 Å². The molecule has 1 saturated heterocycles. The van der Waals surface area contributed by atoms with Crippen molar-refractivity contribution in [2.45, 2.75) is 19.4 Å². The molecule has 1 atom stereocenters. The lowest BCUT2D eigenvalue weighted by molar-refractivity contribution is -0.142. The summed E-state index contributed by atoms with van der Waals surface area (Å²) < 4.78 is 0. The highest BCUT2D eigenvalue weighted by Gasteiger charge is 2.34. The van der Waals surface area contributed by atoms with Gasteiger partial charge in [0.2, 0.25) is 0 Å². The number of urea groups is 1. The molecule has 1 rings (SSSR count). The lowest BCUT2D eigenvalue weighted by Gasteiger charge is -2.22. The van der Waals surface area contributed by atoms with E-state index < -0.39 is 12.0 Å². The standard InChI is InChI=1S/C8H14N2O3/c1-3-6(7(11)12)10-5-4-9(2)8(10)13/h6H,3-5H2,1-2H3,(H,11,12). The zero-order chi connectivity index (χ0) is 10.0. The summed E-state index contributed by atoms with van der Waals surface area (Å²) in [5, 5.41) is 8.83. The minimum absolute atomic E-state index is 0.186. The third kappa shape index (κ3) is 1.74. The van der Waals surface area contributed by atoms with Crippen molar-refractivity contribution in [1.82, 2.24) is 9.80 Å². The largest absolute Gasteiger partial charge is 0.480 e. The molecule has 0 aliphatic carbocycles. The number of hydrogen-bond acceptors (Lipinski definition) is 2. The van der Waals surface area contributed by atoms with E-state index in [1.165, 1.54) is 9.80 Å². The molecule has 0 aromatic heterocycles. The van der Waals surface area contributed by atoms with E-state index in [1.807, 2.05) is 0 Å². The lowest BCUT2D eigenvalue weighted by Crippen LogP contribution is -2.42. The van der Waals surface area contributed by atoms with Gasteiger partial charge in [0.1, 0.15) is 6.04 Å². The number of hydrogen-bond donors (Lipinski definition) is 1. The van der Waals surface area contributed by atoms with Gasteiger partial charge in [0, 0.05) is 20.1 Å². The maximum Gasteiger partial charge on any atom is 0.326 e. The first-order valence-electron chi connectivity index (χ1n) is 4.32. The lowest BCUT2D eigenvalue weighted by atomic mass is 10.2. The Kier molecular flexibility index (Phi) is 2.75. The summed E-state index contributed by atoms with van der Waals surface area (Å²) in [5.74, 6) is -0.925. The second-order valence-electron chi connectivity index (χ2n) is 3.16. The summed E-state index contributed by atoms with van der Waals surface area (Å²) in [6.07, 6.45) is 0.453. The summed E-state index contributed by atoms with van der Waals surface area (Å²) in [4.78, 5) is 25.1. The van der Waals surface area contributed by atoms with Crippen LogP contribution in [0.25, 0.3) is 0 Å². The van der Waals surface area contributed by atoms with Crippen LogP contribution in [-0.4, -0.2) is 53.1 Å². The predicted molar refractivity (Wildman–Crippen MR) is 46.4 cm³/mol. The van der Waals surface area contributed by atoms with Gasteiger partial charge in [-0.2, -0.15) is 0 Å². The van der Waals surface area contributed by atoms with Crippen LogP contribution < -0.4 is 0 Å². The van der Waals surface area contributed by atoms with Crippen LogP contribution in [0, 0.1) is 0 Å². The van der Waals surface area contributed by atoms with Crippen molar-refractivity contribution in [3.63, 3.8) is 0 Å². The number of likely N-dealkylation sites (N-methyl/N-ethyl adjacent to an activating group) is 1. The summed E-state index contributed by atoms with van der Waals surface area (Å²) in [5.41, 5.74) is 0. The van der Waals surface area contributed by atoms with Crippen LogP contribution in [0.1, 0.15) is 13.3 Å². The van der Waals surface area contributed by atoms with Gasteiger partial charge < -0.3 is 14.9 Å². The normalized spacial score (nSPS) is 19.4. The average Bonchev–Trinajstić information content (AvgIpc) is 2.37. The third-order valence-corrected chi connectivity index (χ3v) is 2.30. The molecule has 13 heavy (non-hydrogen) atoms. The Morgan fingerprint density at radius 3 is 2.54 bits per heavy atom. The van der Waals surface area contributed by atoms with Gasteiger partial charge in [0.05, 0.1) is 0 Å². The number of carboxylic acid groups (broad SMARTS) is 1. The molecule has 1 N–H and O–H groups in total. The molecule has 1 aliphatic heterocycles. The van der Waals surface area contributed by atoms with Crippen molar-refractivity contribution in [1.29, 1.82) is 0 Å². The Morgan fingerprint density at radius 2 is 2.23 bits per heavy atom. The zero-order valence-corrected chi connectivity index (χ0v) is 7.86. The smallest absolute Gasteiger partial charge is 0.326 e. The second-order valence-corrected chi connectivity index (χ2v) is 3.16. The quantitative estimate of drug-likeness (QED) is 0.685. The van der Waals surface area contributed by atoms with Gasteiger partial charge in [0.15, 0.2) is 0 Å². The number of aliphatic carboxylic acids is 1. The number of amides is 2. The maximum atomic E-state index is 11.4. The van der Waals surface area contributed by atoms with Crippen molar-refractivity contribution in [2.75, 3.05) is 20.1 Å². The number of rotatable bonds is 3. The Hall–Kier alpha value is -1.26. The molecule has 5 nitrogen and oxygen atoms in total. The van der Waals surface area contributed by atoms with E-state index in [4.69, 9.17) is 5.11 Å². The fourth-order valence-corrected chi connectivity index (χ4v) is 1.49. The minimum Gasteiger partial charge on any atom is -0.480 e. The summed E-state index contributed by atoms with van der Waals surface area (Å²) in [7, 11) is 1.68. The van der Waals surface area contributed by atoms with Crippen molar-refractivity contribution in [3.05, 3.63) is 0 Å². The van der Waals surface area contributed by atoms with E-state index in [2.05, 4.69) is 0 Å². The van der Waals surface area contributed by atoms with Gasteiger partial charge in [-0.05, 0) is 6.42 Å². The molecule has 0 spiro atoms. The maximum absolute atomic E-state index is 11.4. The number of carboxylic acids is 1. The molecule has 5 heteroatoms. The average molecular weight is 186 g/mol. The van der Waals surface area contributed by atoms with E-state index in [1.54, 1.807) is 14.0 Å². The molecule has 0 aromatic rings. The van der Waals surface area contributed by atoms with E-state index in [9.17, 15) is 9.59 Å². The van der Waals surface area contributed by atoms with Gasteiger partial charge in [0.25, 0.3) is 0 Å². The molecular weight excluding hydrogens is 172 g/mol. The van der Waals surface area contributed by atoms with Crippen molar-refractivity contribution < 1.29 is 14.7 Å². The molecule has 1 fully saturated rings. The van der Waals surface area contributed by atoms with Crippen LogP contribution in [-0.2, 0) is 4.79 Å². The van der Waals surface area contributed by atoms with E-state index in [-0.39, 0.29) is 6.03 Å². The molecule has 1 aliphatic rings. The summed E-state index contributed by atoms with van der Waals surface area (Å²) in [6, 6.07) is -0.855. The second kappa shape index (κ2) is 3.64. The van der Waals surface area contributed by atoms with Gasteiger partial charge >= 0.3 is 12.0 Å². The van der Waals surface area contributed by atoms with Gasteiger partial charge in [-0.1, -0.05) is 6.92 Å². The highest BCUT2D eigenvalue weighted by molar-refractivity contribution is 5.83. The first-order chi connectivity index (χ1) is 6.07. The Morgan fingerprint density at radius 1 is 1.62 bits per heavy atom. The van der Waals surface area contributed by atoms with Gasteiger partial charge in [-0.25, -0.2) is 9.59 Å². The molecule has 0 radical (unpaired) electrons. The number of carbonyl (C=O) groups excluding carboxylic acids is 1. The van der Waals surface area contributed by atoms with E-state index in [0.717, 1.165) is 0 Å². The van der Waals surface area contributed by atoms with Gasteiger partial charge in [-0.15, -0.1) is 0 Å². The van der Waals surface area contributed by atoms with Gasteiger partial charge in [-0.3, -0.25) is 0 Å². The summed E-state index contributed by atoms with van der Waals surface area (Å²) >= 11 is 0. The Bertz CT molecular complexity index is 229. The number of nitrogens with zero attached hydrogens (tertiary/aromatic N) is 2. The highest BCUT2D eigenvalue weighted by Crippen LogP contribution is 2.13. The fraction of sp³-hybridized carbons (Fsp3) is 0.750. The topological polar surface area (TPSA) is 60.9 Å². The number of carbonyl (C=O) groups is 2. The van der Waals surface area contributed by atoms with Crippen LogP contribution >= 0.6 is 0 Å². The molecule has 1 heterocycles. The van der Waals surface area contributed by atoms with E-state index in [0.29, 0.717) is 19.5 Å². The first-order valence-corrected chi connectivity index (χ1v) is 4.32. The summed E-state index contributed by atoms with van der Waals surface area (Å²) in [6.45, 7) is 2.90. The zero-order valence-electron chi connectivity index (χ0n) is 7.86. The first kappa shape index (κ1) is 9.83. The van der Waals surface area contributed by atoms with Crippen molar-refractivity contribution >= 4 is 12.0 Å². The van der Waals surface area contributed by atoms with Crippen LogP contribution in [0.2, 0.25) is 0 Å². The molecule has 0 saturated carbocycles. The monoisotopic (exact) mass is 186 g/mol. The van der Waals surface area contributed by atoms with Crippen LogP contribution in [0.3, 0.4) is 0 Å². The molecular formula is C8H14N2O3. The third-order valence-electron chi connectivity index (χ3n) is 2.30. The fourth-order valence-electron chi connectivity index (χ4n) is 1.49. The molecule has 0 aromatic carbocycles. The predicted octanol–water partition coefficient (Wildman–Crippen LogP) is 0.217. The Labute approximate surface area is 76.9 Å². The molecule has 0 bridgehead atoms. The molecule has 1 unspecified atom stereocenters. The minimum atomic E-state index is -0.925. The van der Waals surface area contributed by atoms with Crippen molar-refractivity contribution in [2.24, 2.45) is 0 Å². The van der Waals surface area contributed by atoms with E-state index >= 15 is 0 Å². The SMILES string of the molecule is CCC(C(=O)O)N1CCN(C)C1=O. The molecule has 74 valence electrons.